The molecular weight excluding hydrogens is 300 g/mol. The van der Waals surface area contributed by atoms with Crippen LogP contribution in [0.5, 0.6) is 0 Å². The molecule has 0 amide bonds. The summed E-state index contributed by atoms with van der Waals surface area (Å²) in [7, 11) is -3.55. The molecule has 1 aromatic heterocycles. The van der Waals surface area contributed by atoms with Crippen LogP contribution in [-0.4, -0.2) is 60.5 Å². The number of nitrogens with two attached hydrogens (primary N) is 1. The van der Waals surface area contributed by atoms with E-state index in [9.17, 15) is 8.42 Å². The number of sulfonamides is 1. The fourth-order valence-electron chi connectivity index (χ4n) is 2.32. The highest BCUT2D eigenvalue weighted by atomic mass is 32.2. The zero-order chi connectivity index (χ0) is 14.9. The van der Waals surface area contributed by atoms with Crippen molar-refractivity contribution in [2.24, 2.45) is 5.73 Å². The van der Waals surface area contributed by atoms with Gasteiger partial charge in [-0.2, -0.15) is 4.31 Å². The van der Waals surface area contributed by atoms with Gasteiger partial charge in [0, 0.05) is 32.7 Å². The van der Waals surface area contributed by atoms with Gasteiger partial charge in [-0.3, -0.25) is 4.90 Å². The molecule has 1 aliphatic heterocycles. The number of nitrogens with zero attached hydrogens (tertiary/aromatic N) is 3. The number of hydrogen-bond acceptors (Lipinski definition) is 6. The van der Waals surface area contributed by atoms with Crippen molar-refractivity contribution in [1.82, 2.24) is 14.4 Å². The lowest BCUT2D eigenvalue weighted by Gasteiger charge is -2.33. The Morgan fingerprint density at radius 1 is 1.35 bits per heavy atom. The van der Waals surface area contributed by atoms with Crippen molar-refractivity contribution in [3.05, 3.63) is 11.5 Å². The molecule has 1 aliphatic rings. The minimum atomic E-state index is -3.55. The standard InChI is InChI=1S/C11H18N4O3S2/c1-8-11(9(2)18-13-8)20(16,17)15-5-3-14(4-6-15)7-10(12)19/h3-7H2,1-2H3,(H2,12,19). The van der Waals surface area contributed by atoms with Crippen LogP contribution in [0.3, 0.4) is 0 Å². The Morgan fingerprint density at radius 2 is 1.95 bits per heavy atom. The number of aryl methyl sites for hydroxylation is 2. The van der Waals surface area contributed by atoms with Gasteiger partial charge in [-0.1, -0.05) is 17.4 Å². The van der Waals surface area contributed by atoms with Gasteiger partial charge in [-0.15, -0.1) is 0 Å². The first-order valence-electron chi connectivity index (χ1n) is 6.26. The molecule has 1 aromatic rings. The van der Waals surface area contributed by atoms with Crippen LogP contribution < -0.4 is 5.73 Å². The predicted molar refractivity (Wildman–Crippen MR) is 78.0 cm³/mol. The lowest BCUT2D eigenvalue weighted by atomic mass is 10.3. The maximum atomic E-state index is 12.6. The molecule has 0 spiro atoms. The molecule has 9 heteroatoms. The largest absolute Gasteiger partial charge is 0.392 e. The highest BCUT2D eigenvalue weighted by molar-refractivity contribution is 7.89. The normalized spacial score (nSPS) is 18.3. The Balaban J connectivity index is 2.12. The van der Waals surface area contributed by atoms with Gasteiger partial charge in [0.15, 0.2) is 5.76 Å². The summed E-state index contributed by atoms with van der Waals surface area (Å²) in [5, 5.41) is 3.71. The number of piperazine rings is 1. The maximum absolute atomic E-state index is 12.6. The fourth-order valence-corrected chi connectivity index (χ4v) is 4.22. The SMILES string of the molecule is Cc1noc(C)c1S(=O)(=O)N1CCN(CC(N)=S)CC1. The smallest absolute Gasteiger partial charge is 0.248 e. The molecule has 1 fully saturated rings. The Hall–Kier alpha value is -1.03. The molecule has 112 valence electrons. The van der Waals surface area contributed by atoms with Crippen LogP contribution in [0.1, 0.15) is 11.5 Å². The van der Waals surface area contributed by atoms with Gasteiger partial charge < -0.3 is 10.3 Å². The Labute approximate surface area is 123 Å². The van der Waals surface area contributed by atoms with Gasteiger partial charge in [0.05, 0.1) is 4.99 Å². The molecule has 1 saturated heterocycles. The van der Waals surface area contributed by atoms with Crippen LogP contribution in [0.2, 0.25) is 0 Å². The third-order valence-electron chi connectivity index (χ3n) is 3.28. The molecule has 0 unspecified atom stereocenters. The average Bonchev–Trinajstić information content (AvgIpc) is 2.69. The third kappa shape index (κ3) is 3.00. The fraction of sp³-hybridized carbons (Fsp3) is 0.636. The summed E-state index contributed by atoms with van der Waals surface area (Å²) < 4.78 is 31.6. The van der Waals surface area contributed by atoms with E-state index in [0.717, 1.165) is 0 Å². The summed E-state index contributed by atoms with van der Waals surface area (Å²) in [4.78, 5) is 2.65. The molecule has 2 rings (SSSR count). The molecular formula is C11H18N4O3S2. The summed E-state index contributed by atoms with van der Waals surface area (Å²) in [6.07, 6.45) is 0. The zero-order valence-corrected chi connectivity index (χ0v) is 13.1. The van der Waals surface area contributed by atoms with Crippen LogP contribution in [0.4, 0.5) is 0 Å². The number of thiocarbonyl (C=S) groups is 1. The van der Waals surface area contributed by atoms with Gasteiger partial charge in [0.1, 0.15) is 10.6 Å². The number of aromatic nitrogens is 1. The molecule has 0 aromatic carbocycles. The summed E-state index contributed by atoms with van der Waals surface area (Å²) >= 11 is 4.86. The second-order valence-corrected chi connectivity index (χ2v) is 7.20. The molecule has 0 aliphatic carbocycles. The highest BCUT2D eigenvalue weighted by Gasteiger charge is 2.33. The Bertz CT molecular complexity index is 584. The maximum Gasteiger partial charge on any atom is 0.248 e. The first kappa shape index (κ1) is 15.4. The van der Waals surface area contributed by atoms with E-state index < -0.39 is 10.0 Å². The van der Waals surface area contributed by atoms with Crippen molar-refractivity contribution in [3.8, 4) is 0 Å². The van der Waals surface area contributed by atoms with Crippen LogP contribution in [0.15, 0.2) is 9.42 Å². The lowest BCUT2D eigenvalue weighted by molar-refractivity contribution is 0.209. The van der Waals surface area contributed by atoms with E-state index in [1.165, 1.54) is 4.31 Å². The summed E-state index contributed by atoms with van der Waals surface area (Å²) in [6.45, 7) is 5.81. The monoisotopic (exact) mass is 318 g/mol. The minimum Gasteiger partial charge on any atom is -0.392 e. The first-order valence-corrected chi connectivity index (χ1v) is 8.11. The van der Waals surface area contributed by atoms with Crippen LogP contribution >= 0.6 is 12.2 Å². The Kier molecular flexibility index (Phi) is 4.43. The van der Waals surface area contributed by atoms with E-state index in [2.05, 4.69) is 5.16 Å². The lowest BCUT2D eigenvalue weighted by Crippen LogP contribution is -2.50. The van der Waals surface area contributed by atoms with Gasteiger partial charge in [0.25, 0.3) is 0 Å². The first-order chi connectivity index (χ1) is 9.32. The molecule has 0 bridgehead atoms. The van der Waals surface area contributed by atoms with Crippen molar-refractivity contribution >= 4 is 27.2 Å². The van der Waals surface area contributed by atoms with Crippen LogP contribution in [0, 0.1) is 13.8 Å². The van der Waals surface area contributed by atoms with Crippen molar-refractivity contribution < 1.29 is 12.9 Å². The summed E-state index contributed by atoms with van der Waals surface area (Å²) in [6, 6.07) is 0. The summed E-state index contributed by atoms with van der Waals surface area (Å²) in [5.41, 5.74) is 5.89. The molecule has 0 atom stereocenters. The molecule has 0 radical (unpaired) electrons. The second kappa shape index (κ2) is 5.76. The van der Waals surface area contributed by atoms with E-state index in [-0.39, 0.29) is 4.90 Å². The van der Waals surface area contributed by atoms with E-state index in [1.807, 2.05) is 4.90 Å². The summed E-state index contributed by atoms with van der Waals surface area (Å²) in [5.74, 6) is 0.327. The van der Waals surface area contributed by atoms with Gasteiger partial charge in [-0.25, -0.2) is 8.42 Å². The molecule has 2 heterocycles. The van der Waals surface area contributed by atoms with Crippen molar-refractivity contribution in [1.29, 1.82) is 0 Å². The average molecular weight is 318 g/mol. The van der Waals surface area contributed by atoms with Crippen LogP contribution in [-0.2, 0) is 10.0 Å². The van der Waals surface area contributed by atoms with E-state index in [4.69, 9.17) is 22.5 Å². The van der Waals surface area contributed by atoms with E-state index in [1.54, 1.807) is 13.8 Å². The second-order valence-electron chi connectivity index (χ2n) is 4.80. The van der Waals surface area contributed by atoms with Gasteiger partial charge in [0.2, 0.25) is 10.0 Å². The zero-order valence-electron chi connectivity index (χ0n) is 11.5. The third-order valence-corrected chi connectivity index (χ3v) is 5.55. The van der Waals surface area contributed by atoms with Crippen molar-refractivity contribution in [3.63, 3.8) is 0 Å². The number of hydrogen-bond donors (Lipinski definition) is 1. The topological polar surface area (TPSA) is 92.7 Å². The molecule has 20 heavy (non-hydrogen) atoms. The predicted octanol–water partition coefficient (Wildman–Crippen LogP) is -0.116. The Morgan fingerprint density at radius 3 is 2.40 bits per heavy atom. The molecule has 0 saturated carbocycles. The number of rotatable bonds is 4. The van der Waals surface area contributed by atoms with Gasteiger partial charge >= 0.3 is 0 Å². The quantitative estimate of drug-likeness (QED) is 0.774. The van der Waals surface area contributed by atoms with Crippen LogP contribution in [0.25, 0.3) is 0 Å². The molecule has 2 N–H and O–H groups in total. The van der Waals surface area contributed by atoms with Gasteiger partial charge in [-0.05, 0) is 13.8 Å². The molecule has 7 nitrogen and oxygen atoms in total. The van der Waals surface area contributed by atoms with E-state index in [0.29, 0.717) is 49.2 Å². The van der Waals surface area contributed by atoms with Crippen molar-refractivity contribution in [2.75, 3.05) is 32.7 Å². The minimum absolute atomic E-state index is 0.181. The van der Waals surface area contributed by atoms with Crippen molar-refractivity contribution in [2.45, 2.75) is 18.7 Å². The highest BCUT2D eigenvalue weighted by Crippen LogP contribution is 2.24. The van der Waals surface area contributed by atoms with E-state index >= 15 is 0 Å².